The number of carbonyl (C=O) groups is 1. The Labute approximate surface area is 193 Å². The molecular formula is C23H22N6O5. The van der Waals surface area contributed by atoms with E-state index in [0.29, 0.717) is 11.3 Å². The van der Waals surface area contributed by atoms with E-state index in [-0.39, 0.29) is 29.5 Å². The number of aliphatic hydroxyl groups excluding tert-OH is 2. The van der Waals surface area contributed by atoms with Gasteiger partial charge in [-0.1, -0.05) is 36.4 Å². The zero-order valence-electron chi connectivity index (χ0n) is 17.9. The molecule has 0 saturated carbocycles. The quantitative estimate of drug-likeness (QED) is 0.345. The van der Waals surface area contributed by atoms with Gasteiger partial charge in [-0.15, -0.1) is 0 Å². The lowest BCUT2D eigenvalue weighted by Crippen LogP contribution is -2.30. The Morgan fingerprint density at radius 2 is 1.82 bits per heavy atom. The van der Waals surface area contributed by atoms with E-state index in [1.54, 1.807) is 54.6 Å². The molecule has 2 aromatic carbocycles. The van der Waals surface area contributed by atoms with Crippen LogP contribution in [0.3, 0.4) is 0 Å². The van der Waals surface area contributed by atoms with Crippen molar-refractivity contribution in [2.24, 2.45) is 0 Å². The van der Waals surface area contributed by atoms with Crippen molar-refractivity contribution in [2.75, 3.05) is 17.2 Å². The number of benzene rings is 2. The number of anilines is 3. The normalized spacial score (nSPS) is 20.0. The Kier molecular flexibility index (Phi) is 5.57. The van der Waals surface area contributed by atoms with E-state index in [9.17, 15) is 19.8 Å². The summed E-state index contributed by atoms with van der Waals surface area (Å²) in [6.45, 7) is -0.402. The molecule has 34 heavy (non-hydrogen) atoms. The second kappa shape index (κ2) is 8.71. The summed E-state index contributed by atoms with van der Waals surface area (Å²) < 4.78 is 7.33. The van der Waals surface area contributed by atoms with Gasteiger partial charge in [0.1, 0.15) is 12.3 Å². The first-order valence-electron chi connectivity index (χ1n) is 10.6. The minimum atomic E-state index is -0.963. The van der Waals surface area contributed by atoms with Crippen LogP contribution in [0.4, 0.5) is 17.6 Å². The number of nitrogens with two attached hydrogens (primary N) is 1. The predicted molar refractivity (Wildman–Crippen MR) is 124 cm³/mol. The van der Waals surface area contributed by atoms with Crippen LogP contribution in [0.2, 0.25) is 0 Å². The molecule has 5 N–H and O–H groups in total. The second-order valence-corrected chi connectivity index (χ2v) is 7.86. The maximum Gasteiger partial charge on any atom is 0.280 e. The summed E-state index contributed by atoms with van der Waals surface area (Å²) in [7, 11) is 0. The Balaban J connectivity index is 1.77. The van der Waals surface area contributed by atoms with Gasteiger partial charge in [0.25, 0.3) is 11.5 Å². The van der Waals surface area contributed by atoms with E-state index in [0.717, 1.165) is 0 Å². The van der Waals surface area contributed by atoms with Crippen molar-refractivity contribution < 1.29 is 19.7 Å². The number of rotatable bonds is 5. The van der Waals surface area contributed by atoms with Crippen molar-refractivity contribution in [2.45, 2.75) is 24.9 Å². The molecule has 11 heteroatoms. The van der Waals surface area contributed by atoms with Crippen LogP contribution in [0.15, 0.2) is 65.5 Å². The van der Waals surface area contributed by atoms with Crippen LogP contribution in [-0.4, -0.2) is 54.5 Å². The monoisotopic (exact) mass is 462 g/mol. The molecule has 2 aromatic heterocycles. The highest BCUT2D eigenvalue weighted by atomic mass is 16.5. The number of nitrogens with one attached hydrogen (secondary N) is 1. The van der Waals surface area contributed by atoms with Gasteiger partial charge in [-0.25, -0.2) is 9.88 Å². The summed E-state index contributed by atoms with van der Waals surface area (Å²) in [4.78, 5) is 38.9. The molecule has 0 unspecified atom stereocenters. The summed E-state index contributed by atoms with van der Waals surface area (Å²) >= 11 is 0. The number of H-pyrrole nitrogens is 1. The molecule has 0 aliphatic carbocycles. The molecule has 11 nitrogen and oxygen atoms in total. The van der Waals surface area contributed by atoms with Crippen molar-refractivity contribution in [3.63, 3.8) is 0 Å². The first-order chi connectivity index (χ1) is 16.5. The molecule has 1 saturated heterocycles. The van der Waals surface area contributed by atoms with Crippen molar-refractivity contribution in [3.8, 4) is 0 Å². The largest absolute Gasteiger partial charge is 0.394 e. The van der Waals surface area contributed by atoms with Crippen molar-refractivity contribution >= 4 is 34.7 Å². The van der Waals surface area contributed by atoms with E-state index >= 15 is 0 Å². The van der Waals surface area contributed by atoms with E-state index in [2.05, 4.69) is 15.0 Å². The molecule has 1 fully saturated rings. The number of para-hydroxylation sites is 1. The van der Waals surface area contributed by atoms with Crippen LogP contribution >= 0.6 is 0 Å². The highest BCUT2D eigenvalue weighted by Crippen LogP contribution is 2.37. The van der Waals surface area contributed by atoms with Crippen LogP contribution < -0.4 is 16.2 Å². The molecule has 1 aliphatic heterocycles. The highest BCUT2D eigenvalue weighted by molar-refractivity contribution is 6.10. The number of carbonyl (C=O) groups excluding carboxylic acids is 1. The topological polar surface area (TPSA) is 160 Å². The Morgan fingerprint density at radius 1 is 1.15 bits per heavy atom. The molecule has 3 atom stereocenters. The lowest BCUT2D eigenvalue weighted by molar-refractivity contribution is -0.0426. The fraction of sp³-hybridized carbons (Fsp3) is 0.217. The lowest BCUT2D eigenvalue weighted by Gasteiger charge is -2.25. The molecule has 0 radical (unpaired) electrons. The van der Waals surface area contributed by atoms with Gasteiger partial charge in [-0.2, -0.15) is 4.98 Å². The highest BCUT2D eigenvalue weighted by Gasteiger charge is 2.39. The maximum atomic E-state index is 13.7. The van der Waals surface area contributed by atoms with Gasteiger partial charge in [-0.3, -0.25) is 19.1 Å². The number of imidazole rings is 1. The van der Waals surface area contributed by atoms with Gasteiger partial charge < -0.3 is 20.7 Å². The van der Waals surface area contributed by atoms with E-state index in [4.69, 9.17) is 10.5 Å². The number of aliphatic hydroxyl groups is 2. The summed E-state index contributed by atoms with van der Waals surface area (Å²) in [5.74, 6) is -0.470. The van der Waals surface area contributed by atoms with Crippen LogP contribution in [0.25, 0.3) is 11.2 Å². The number of hydrogen-bond acceptors (Lipinski definition) is 8. The number of aromatic amines is 1. The summed E-state index contributed by atoms with van der Waals surface area (Å²) in [6, 6.07) is 17.5. The molecule has 1 amide bonds. The first kappa shape index (κ1) is 21.8. The van der Waals surface area contributed by atoms with Gasteiger partial charge in [0.05, 0.1) is 18.4 Å². The Hall–Kier alpha value is -4.06. The third-order valence-electron chi connectivity index (χ3n) is 5.66. The molecule has 3 heterocycles. The van der Waals surface area contributed by atoms with Gasteiger partial charge >= 0.3 is 0 Å². The van der Waals surface area contributed by atoms with Crippen LogP contribution in [0, 0.1) is 0 Å². The maximum absolute atomic E-state index is 13.7. The fourth-order valence-electron chi connectivity index (χ4n) is 4.06. The minimum absolute atomic E-state index is 0.0449. The number of hydrogen-bond donors (Lipinski definition) is 4. The fourth-order valence-corrected chi connectivity index (χ4v) is 4.06. The van der Waals surface area contributed by atoms with Crippen LogP contribution in [0.5, 0.6) is 0 Å². The standard InChI is InChI=1S/C23H22N6O5/c24-22-26-19-18(20(32)27-22)25-23(29(19)17-11-15(31)16(12-30)34-17)28(14-9-5-2-6-10-14)21(33)13-7-3-1-4-8-13/h1-10,15-17,30-31H,11-12H2,(H3,24,26,27,32)/t15-,16+,17+/m0/s1. The molecule has 1 aliphatic rings. The van der Waals surface area contributed by atoms with Crippen LogP contribution in [-0.2, 0) is 4.74 Å². The zero-order valence-corrected chi connectivity index (χ0v) is 17.9. The van der Waals surface area contributed by atoms with Gasteiger partial charge in [0.2, 0.25) is 11.9 Å². The minimum Gasteiger partial charge on any atom is -0.394 e. The van der Waals surface area contributed by atoms with Gasteiger partial charge in [0.15, 0.2) is 11.2 Å². The molecule has 0 spiro atoms. The number of nitrogen functional groups attached to an aromatic ring is 1. The number of nitrogens with zero attached hydrogens (tertiary/aromatic N) is 4. The first-order valence-corrected chi connectivity index (χ1v) is 10.6. The molecule has 0 bridgehead atoms. The van der Waals surface area contributed by atoms with Gasteiger partial charge in [0, 0.05) is 12.0 Å². The predicted octanol–water partition coefficient (Wildman–Crippen LogP) is 1.32. The summed E-state index contributed by atoms with van der Waals surface area (Å²) in [5.41, 5.74) is 6.16. The van der Waals surface area contributed by atoms with Gasteiger partial charge in [-0.05, 0) is 24.3 Å². The molecule has 5 rings (SSSR count). The molecular weight excluding hydrogens is 440 g/mol. The third-order valence-corrected chi connectivity index (χ3v) is 5.66. The second-order valence-electron chi connectivity index (χ2n) is 7.86. The molecule has 174 valence electrons. The average molecular weight is 462 g/mol. The van der Waals surface area contributed by atoms with Crippen molar-refractivity contribution in [3.05, 3.63) is 76.6 Å². The number of aromatic nitrogens is 4. The Bertz CT molecular complexity index is 1390. The van der Waals surface area contributed by atoms with E-state index in [1.807, 2.05) is 6.07 Å². The lowest BCUT2D eigenvalue weighted by atomic mass is 10.2. The van der Waals surface area contributed by atoms with Crippen LogP contribution in [0.1, 0.15) is 23.0 Å². The van der Waals surface area contributed by atoms with E-state index < -0.39 is 36.5 Å². The SMILES string of the molecule is Nc1nc2c(nc(N(C(=O)c3ccccc3)c3ccccc3)n2[C@H]2C[C@H](O)[C@@H](CO)O2)c(=O)[nH]1. The smallest absolute Gasteiger partial charge is 0.280 e. The number of amides is 1. The zero-order chi connectivity index (χ0) is 23.8. The van der Waals surface area contributed by atoms with Crippen molar-refractivity contribution in [1.82, 2.24) is 19.5 Å². The number of ether oxygens (including phenoxy) is 1. The van der Waals surface area contributed by atoms with Crippen molar-refractivity contribution in [1.29, 1.82) is 0 Å². The molecule has 4 aromatic rings. The third kappa shape index (κ3) is 3.71. The Morgan fingerprint density at radius 3 is 2.47 bits per heavy atom. The van der Waals surface area contributed by atoms with E-state index in [1.165, 1.54) is 9.47 Å². The summed E-state index contributed by atoms with van der Waals surface area (Å²) in [6.07, 6.45) is -2.59. The summed E-state index contributed by atoms with van der Waals surface area (Å²) in [5, 5.41) is 19.9. The average Bonchev–Trinajstić information content (AvgIpc) is 3.40. The number of fused-ring (bicyclic) bond motifs is 1.